The van der Waals surface area contributed by atoms with Crippen LogP contribution in [0.25, 0.3) is 10.9 Å². The number of hydroxylamine groups is 1. The van der Waals surface area contributed by atoms with E-state index in [0.29, 0.717) is 18.1 Å². The summed E-state index contributed by atoms with van der Waals surface area (Å²) in [5, 5.41) is 28.3. The number of carbonyl (C=O) groups is 1. The number of benzene rings is 1. The van der Waals surface area contributed by atoms with E-state index in [9.17, 15) is 9.90 Å². The minimum Gasteiger partial charge on any atom is -0.388 e. The second-order valence-electron chi connectivity index (χ2n) is 7.23. The minimum absolute atomic E-state index is 0.224. The maximum atomic E-state index is 11.5. The Morgan fingerprint density at radius 1 is 1.44 bits per heavy atom. The first-order chi connectivity index (χ1) is 11.8. The van der Waals surface area contributed by atoms with Gasteiger partial charge in [0.05, 0.1) is 17.8 Å². The Labute approximate surface area is 150 Å². The Hall–Kier alpha value is -1.83. The third kappa shape index (κ3) is 3.31. The summed E-state index contributed by atoms with van der Waals surface area (Å²) in [5.41, 5.74) is 2.79. The van der Waals surface area contributed by atoms with Crippen LogP contribution in [-0.4, -0.2) is 44.5 Å². The molecule has 8 heteroatoms. The zero-order valence-electron chi connectivity index (χ0n) is 14.3. The van der Waals surface area contributed by atoms with Crippen LogP contribution in [0.2, 0.25) is 5.02 Å². The number of urea groups is 1. The van der Waals surface area contributed by atoms with Gasteiger partial charge in [-0.2, -0.15) is 5.10 Å². The van der Waals surface area contributed by atoms with Gasteiger partial charge in [0.25, 0.3) is 0 Å². The van der Waals surface area contributed by atoms with Crippen molar-refractivity contribution < 1.29 is 15.1 Å². The fraction of sp³-hybridized carbons (Fsp3) is 0.529. The third-order valence-corrected chi connectivity index (χ3v) is 5.69. The van der Waals surface area contributed by atoms with Gasteiger partial charge in [-0.05, 0) is 36.3 Å². The van der Waals surface area contributed by atoms with E-state index in [-0.39, 0.29) is 5.92 Å². The van der Waals surface area contributed by atoms with E-state index >= 15 is 0 Å². The van der Waals surface area contributed by atoms with Crippen LogP contribution in [0.15, 0.2) is 18.3 Å². The van der Waals surface area contributed by atoms with Gasteiger partial charge in [-0.25, -0.2) is 10.3 Å². The predicted octanol–water partition coefficient (Wildman–Crippen LogP) is 3.09. The second kappa shape index (κ2) is 6.82. The summed E-state index contributed by atoms with van der Waals surface area (Å²) in [6.45, 7) is 5.16. The summed E-state index contributed by atoms with van der Waals surface area (Å²) in [6, 6.07) is 3.11. The Kier molecular flexibility index (Phi) is 4.90. The van der Waals surface area contributed by atoms with Crippen molar-refractivity contribution in [1.29, 1.82) is 0 Å². The van der Waals surface area contributed by atoms with Gasteiger partial charge in [0.15, 0.2) is 0 Å². The predicted molar refractivity (Wildman–Crippen MR) is 94.5 cm³/mol. The van der Waals surface area contributed by atoms with E-state index in [2.05, 4.69) is 10.2 Å². The lowest BCUT2D eigenvalue weighted by Crippen LogP contribution is -2.46. The molecule has 1 aliphatic rings. The molecule has 0 unspecified atom stereocenters. The molecule has 0 aliphatic carbocycles. The fourth-order valence-electron chi connectivity index (χ4n) is 3.78. The van der Waals surface area contributed by atoms with Crippen molar-refractivity contribution in [1.82, 2.24) is 20.6 Å². The normalized spacial score (nSPS) is 17.7. The largest absolute Gasteiger partial charge is 0.388 e. The molecule has 0 bridgehead atoms. The number of aromatic amines is 1. The first-order valence-corrected chi connectivity index (χ1v) is 8.72. The van der Waals surface area contributed by atoms with Crippen LogP contribution in [0.4, 0.5) is 4.79 Å². The van der Waals surface area contributed by atoms with E-state index in [1.807, 2.05) is 19.9 Å². The van der Waals surface area contributed by atoms with Gasteiger partial charge in [0, 0.05) is 29.1 Å². The lowest BCUT2D eigenvalue weighted by molar-refractivity contribution is -0.0157. The molecule has 2 heterocycles. The molecule has 2 amide bonds. The van der Waals surface area contributed by atoms with Crippen LogP contribution in [0, 0.1) is 11.3 Å². The molecule has 0 saturated carbocycles. The Balaban J connectivity index is 1.82. The van der Waals surface area contributed by atoms with Crippen LogP contribution in [0.5, 0.6) is 0 Å². The molecule has 1 fully saturated rings. The van der Waals surface area contributed by atoms with Gasteiger partial charge in [-0.15, -0.1) is 0 Å². The van der Waals surface area contributed by atoms with Crippen molar-refractivity contribution in [3.05, 3.63) is 28.9 Å². The summed E-state index contributed by atoms with van der Waals surface area (Å²) < 4.78 is 0. The number of rotatable bonds is 3. The number of carbonyl (C=O) groups excluding carboxylic acids is 1. The molecule has 1 saturated heterocycles. The summed E-state index contributed by atoms with van der Waals surface area (Å²) >= 11 is 6.20. The average Bonchev–Trinajstić information content (AvgIpc) is 3.08. The quantitative estimate of drug-likeness (QED) is 0.495. The van der Waals surface area contributed by atoms with E-state index in [4.69, 9.17) is 16.8 Å². The number of hydrogen-bond donors (Lipinski definition) is 4. The van der Waals surface area contributed by atoms with Crippen molar-refractivity contribution in [2.24, 2.45) is 11.3 Å². The van der Waals surface area contributed by atoms with Crippen molar-refractivity contribution >= 4 is 28.5 Å². The van der Waals surface area contributed by atoms with Crippen molar-refractivity contribution in [3.8, 4) is 0 Å². The highest BCUT2D eigenvalue weighted by Crippen LogP contribution is 2.46. The number of nitrogens with zero attached hydrogens (tertiary/aromatic N) is 2. The number of piperidine rings is 1. The Morgan fingerprint density at radius 2 is 2.12 bits per heavy atom. The summed E-state index contributed by atoms with van der Waals surface area (Å²) in [6.07, 6.45) is 2.47. The number of aliphatic hydroxyl groups excluding tert-OH is 1. The van der Waals surface area contributed by atoms with E-state index in [0.717, 1.165) is 29.3 Å². The van der Waals surface area contributed by atoms with Gasteiger partial charge < -0.3 is 10.0 Å². The monoisotopic (exact) mass is 366 g/mol. The molecule has 2 aromatic rings. The number of hydrogen-bond acceptors (Lipinski definition) is 4. The zero-order valence-corrected chi connectivity index (χ0v) is 15.0. The molecule has 1 aromatic heterocycles. The smallest absolute Gasteiger partial charge is 0.341 e. The van der Waals surface area contributed by atoms with Gasteiger partial charge in [-0.3, -0.25) is 10.3 Å². The molecule has 1 aliphatic heterocycles. The van der Waals surface area contributed by atoms with Crippen LogP contribution in [0.1, 0.15) is 38.4 Å². The lowest BCUT2D eigenvalue weighted by Gasteiger charge is -2.43. The highest BCUT2D eigenvalue weighted by molar-refractivity contribution is 6.31. The number of halogens is 1. The van der Waals surface area contributed by atoms with Crippen LogP contribution >= 0.6 is 11.6 Å². The minimum atomic E-state index is -0.725. The van der Waals surface area contributed by atoms with Crippen LogP contribution in [-0.2, 0) is 0 Å². The summed E-state index contributed by atoms with van der Waals surface area (Å²) in [5.74, 6) is 0.224. The van der Waals surface area contributed by atoms with Crippen LogP contribution in [0.3, 0.4) is 0 Å². The SMILES string of the molecule is CC(C)(C1CCN(C(=O)NO)CC1)[C@H](O)c1cc(Cl)cc2cn[nH]c12. The molecule has 136 valence electrons. The standard InChI is InChI=1S/C17H23ClN4O3/c1-17(2,11-3-5-22(6-4-11)16(24)21-25)15(23)13-8-12(18)7-10-9-19-20-14(10)13/h7-9,11,15,23,25H,3-6H2,1-2H3,(H,19,20)(H,21,24)/t15-/m1/s1. The van der Waals surface area contributed by atoms with Crippen molar-refractivity contribution in [3.63, 3.8) is 0 Å². The third-order valence-electron chi connectivity index (χ3n) is 5.47. The number of amides is 2. The lowest BCUT2D eigenvalue weighted by atomic mass is 9.68. The molecule has 1 atom stereocenters. The van der Waals surface area contributed by atoms with Gasteiger partial charge in [0.2, 0.25) is 0 Å². The summed E-state index contributed by atoms with van der Waals surface area (Å²) in [4.78, 5) is 13.1. The molecular weight excluding hydrogens is 344 g/mol. The van der Waals surface area contributed by atoms with Gasteiger partial charge >= 0.3 is 6.03 Å². The number of nitrogens with one attached hydrogen (secondary N) is 2. The van der Waals surface area contributed by atoms with E-state index in [1.54, 1.807) is 22.6 Å². The topological polar surface area (TPSA) is 101 Å². The number of fused-ring (bicyclic) bond motifs is 1. The average molecular weight is 367 g/mol. The Morgan fingerprint density at radius 3 is 2.76 bits per heavy atom. The van der Waals surface area contributed by atoms with Gasteiger partial charge in [0.1, 0.15) is 0 Å². The first kappa shape index (κ1) is 18.0. The molecule has 0 radical (unpaired) electrons. The zero-order chi connectivity index (χ0) is 18.2. The molecule has 3 rings (SSSR count). The van der Waals surface area contributed by atoms with E-state index in [1.165, 1.54) is 0 Å². The van der Waals surface area contributed by atoms with Crippen molar-refractivity contribution in [2.45, 2.75) is 32.8 Å². The maximum Gasteiger partial charge on any atom is 0.341 e. The molecule has 4 N–H and O–H groups in total. The fourth-order valence-corrected chi connectivity index (χ4v) is 4.02. The molecular formula is C17H23ClN4O3. The second-order valence-corrected chi connectivity index (χ2v) is 7.67. The van der Waals surface area contributed by atoms with Crippen molar-refractivity contribution in [2.75, 3.05) is 13.1 Å². The van der Waals surface area contributed by atoms with Gasteiger partial charge in [-0.1, -0.05) is 25.4 Å². The molecule has 0 spiro atoms. The van der Waals surface area contributed by atoms with E-state index < -0.39 is 17.6 Å². The summed E-state index contributed by atoms with van der Waals surface area (Å²) in [7, 11) is 0. The number of H-pyrrole nitrogens is 1. The highest BCUT2D eigenvalue weighted by atomic mass is 35.5. The molecule has 1 aromatic carbocycles. The Bertz CT molecular complexity index is 768. The number of aliphatic hydroxyl groups is 1. The van der Waals surface area contributed by atoms with Crippen LogP contribution < -0.4 is 5.48 Å². The first-order valence-electron chi connectivity index (χ1n) is 8.34. The number of aromatic nitrogens is 2. The highest BCUT2D eigenvalue weighted by Gasteiger charge is 2.40. The molecule has 25 heavy (non-hydrogen) atoms. The molecule has 7 nitrogen and oxygen atoms in total. The number of likely N-dealkylation sites (tertiary alicyclic amines) is 1. The maximum absolute atomic E-state index is 11.5.